The van der Waals surface area contributed by atoms with E-state index in [0.717, 1.165) is 11.3 Å². The number of hydrogen-bond acceptors (Lipinski definition) is 4. The molecule has 0 fully saturated rings. The largest absolute Gasteiger partial charge is 0.492 e. The van der Waals surface area contributed by atoms with Crippen molar-refractivity contribution < 1.29 is 17.9 Å². The standard InChI is InChI=1S/C21H27ClN2O4S/c1-5-24(6-2)29(26,27)18-10-11-20(22)19(15-18)21(25)23(4)12-13-28-17-9-7-8-16(3)14-17/h7-11,14-15H,5-6,12-13H2,1-4H3. The Balaban J connectivity index is 2.13. The number of hydrogen-bond donors (Lipinski definition) is 0. The second-order valence-electron chi connectivity index (χ2n) is 6.62. The second kappa shape index (κ2) is 10.1. The quantitative estimate of drug-likeness (QED) is 0.596. The maximum Gasteiger partial charge on any atom is 0.255 e. The van der Waals surface area contributed by atoms with E-state index in [1.54, 1.807) is 20.9 Å². The van der Waals surface area contributed by atoms with Gasteiger partial charge in [-0.3, -0.25) is 4.79 Å². The predicted octanol–water partition coefficient (Wildman–Crippen LogP) is 3.83. The summed E-state index contributed by atoms with van der Waals surface area (Å²) in [5.41, 5.74) is 1.24. The van der Waals surface area contributed by atoms with E-state index in [1.165, 1.54) is 27.4 Å². The predicted molar refractivity (Wildman–Crippen MR) is 115 cm³/mol. The number of likely N-dealkylation sites (N-methyl/N-ethyl adjacent to an activating group) is 1. The zero-order valence-electron chi connectivity index (χ0n) is 17.2. The maximum atomic E-state index is 12.8. The Morgan fingerprint density at radius 1 is 1.10 bits per heavy atom. The Morgan fingerprint density at radius 3 is 2.41 bits per heavy atom. The minimum Gasteiger partial charge on any atom is -0.492 e. The van der Waals surface area contributed by atoms with Gasteiger partial charge in [-0.15, -0.1) is 0 Å². The highest BCUT2D eigenvalue weighted by Gasteiger charge is 2.24. The number of benzene rings is 2. The van der Waals surface area contributed by atoms with Crippen molar-refractivity contribution in [1.82, 2.24) is 9.21 Å². The number of aryl methyl sites for hydroxylation is 1. The summed E-state index contributed by atoms with van der Waals surface area (Å²) in [6.07, 6.45) is 0. The summed E-state index contributed by atoms with van der Waals surface area (Å²) in [4.78, 5) is 14.3. The first-order valence-corrected chi connectivity index (χ1v) is 11.3. The zero-order chi connectivity index (χ0) is 21.6. The third-order valence-electron chi connectivity index (χ3n) is 4.54. The van der Waals surface area contributed by atoms with Crippen LogP contribution in [0.1, 0.15) is 29.8 Å². The molecule has 0 aliphatic rings. The van der Waals surface area contributed by atoms with Crippen molar-refractivity contribution in [3.63, 3.8) is 0 Å². The van der Waals surface area contributed by atoms with Crippen molar-refractivity contribution in [3.05, 3.63) is 58.6 Å². The molecule has 0 N–H and O–H groups in total. The fourth-order valence-corrected chi connectivity index (χ4v) is 4.54. The van der Waals surface area contributed by atoms with Gasteiger partial charge >= 0.3 is 0 Å². The van der Waals surface area contributed by atoms with Crippen LogP contribution in [0.15, 0.2) is 47.4 Å². The minimum atomic E-state index is -3.68. The van der Waals surface area contributed by atoms with E-state index in [9.17, 15) is 13.2 Å². The van der Waals surface area contributed by atoms with Crippen LogP contribution < -0.4 is 4.74 Å². The van der Waals surface area contributed by atoms with Gasteiger partial charge in [-0.25, -0.2) is 8.42 Å². The molecule has 0 saturated heterocycles. The molecule has 29 heavy (non-hydrogen) atoms. The molecule has 2 aromatic carbocycles. The minimum absolute atomic E-state index is 0.0540. The number of carbonyl (C=O) groups excluding carboxylic acids is 1. The van der Waals surface area contributed by atoms with Gasteiger partial charge in [0.05, 0.1) is 22.0 Å². The smallest absolute Gasteiger partial charge is 0.255 e. The molecule has 0 aromatic heterocycles. The number of rotatable bonds is 9. The number of carbonyl (C=O) groups is 1. The van der Waals surface area contributed by atoms with Crippen molar-refractivity contribution in [2.75, 3.05) is 33.3 Å². The Morgan fingerprint density at radius 2 is 1.79 bits per heavy atom. The molecule has 0 unspecified atom stereocenters. The topological polar surface area (TPSA) is 66.9 Å². The van der Waals surface area contributed by atoms with Gasteiger partial charge in [0.15, 0.2) is 0 Å². The summed E-state index contributed by atoms with van der Waals surface area (Å²) in [6, 6.07) is 11.9. The molecular formula is C21H27ClN2O4S. The first-order valence-electron chi connectivity index (χ1n) is 9.45. The number of halogens is 1. The zero-order valence-corrected chi connectivity index (χ0v) is 18.8. The fraction of sp³-hybridized carbons (Fsp3) is 0.381. The number of ether oxygens (including phenoxy) is 1. The van der Waals surface area contributed by atoms with Crippen LogP contribution in [0.3, 0.4) is 0 Å². The number of amides is 1. The molecule has 1 amide bonds. The molecule has 6 nitrogen and oxygen atoms in total. The van der Waals surface area contributed by atoms with Gasteiger partial charge in [0, 0.05) is 20.1 Å². The van der Waals surface area contributed by atoms with Crippen molar-refractivity contribution in [2.24, 2.45) is 0 Å². The Bertz CT molecular complexity index is 959. The molecule has 158 valence electrons. The van der Waals surface area contributed by atoms with Crippen LogP contribution in [-0.2, 0) is 10.0 Å². The molecule has 0 atom stereocenters. The van der Waals surface area contributed by atoms with Crippen LogP contribution in [-0.4, -0.2) is 56.8 Å². The molecule has 0 heterocycles. The summed E-state index contributed by atoms with van der Waals surface area (Å²) in [7, 11) is -2.05. The van der Waals surface area contributed by atoms with Crippen LogP contribution >= 0.6 is 11.6 Å². The Labute approximate surface area is 178 Å². The van der Waals surface area contributed by atoms with Gasteiger partial charge < -0.3 is 9.64 Å². The number of nitrogens with zero attached hydrogens (tertiary/aromatic N) is 2. The molecule has 2 aromatic rings. The van der Waals surface area contributed by atoms with Gasteiger partial charge in [0.25, 0.3) is 5.91 Å². The van der Waals surface area contributed by atoms with Crippen LogP contribution in [0, 0.1) is 6.92 Å². The molecule has 0 radical (unpaired) electrons. The summed E-state index contributed by atoms with van der Waals surface area (Å²) < 4.78 is 32.5. The average molecular weight is 439 g/mol. The third-order valence-corrected chi connectivity index (χ3v) is 6.92. The van der Waals surface area contributed by atoms with Gasteiger partial charge in [-0.05, 0) is 42.8 Å². The monoisotopic (exact) mass is 438 g/mol. The Kier molecular flexibility index (Phi) is 8.07. The molecule has 0 aliphatic heterocycles. The lowest BCUT2D eigenvalue weighted by molar-refractivity contribution is 0.0773. The molecule has 0 saturated carbocycles. The second-order valence-corrected chi connectivity index (χ2v) is 8.97. The van der Waals surface area contributed by atoms with Crippen LogP contribution in [0.4, 0.5) is 0 Å². The third kappa shape index (κ3) is 5.72. The highest BCUT2D eigenvalue weighted by atomic mass is 35.5. The van der Waals surface area contributed by atoms with E-state index in [2.05, 4.69) is 0 Å². The summed E-state index contributed by atoms with van der Waals surface area (Å²) in [5, 5.41) is 0.208. The van der Waals surface area contributed by atoms with E-state index in [1.807, 2.05) is 31.2 Å². The molecule has 2 rings (SSSR count). The van der Waals surface area contributed by atoms with E-state index in [4.69, 9.17) is 16.3 Å². The van der Waals surface area contributed by atoms with Crippen molar-refractivity contribution in [3.8, 4) is 5.75 Å². The normalized spacial score (nSPS) is 11.5. The fourth-order valence-electron chi connectivity index (χ4n) is 2.85. The first-order chi connectivity index (χ1) is 13.7. The molecule has 0 aliphatic carbocycles. The van der Waals surface area contributed by atoms with Crippen molar-refractivity contribution in [2.45, 2.75) is 25.7 Å². The number of sulfonamides is 1. The molecule has 0 spiro atoms. The van der Waals surface area contributed by atoms with E-state index in [-0.39, 0.29) is 21.4 Å². The van der Waals surface area contributed by atoms with Gasteiger partial charge in [0.2, 0.25) is 10.0 Å². The van der Waals surface area contributed by atoms with Crippen molar-refractivity contribution >= 4 is 27.5 Å². The lowest BCUT2D eigenvalue weighted by atomic mass is 10.2. The summed E-state index contributed by atoms with van der Waals surface area (Å²) in [6.45, 7) is 6.85. The summed E-state index contributed by atoms with van der Waals surface area (Å²) >= 11 is 6.19. The van der Waals surface area contributed by atoms with Crippen LogP contribution in [0.5, 0.6) is 5.75 Å². The first kappa shape index (κ1) is 23.2. The Hall–Kier alpha value is -2.09. The van der Waals surface area contributed by atoms with Gasteiger partial charge in [0.1, 0.15) is 12.4 Å². The van der Waals surface area contributed by atoms with Crippen LogP contribution in [0.25, 0.3) is 0 Å². The van der Waals surface area contributed by atoms with Gasteiger partial charge in [-0.2, -0.15) is 4.31 Å². The molecular weight excluding hydrogens is 412 g/mol. The van der Waals surface area contributed by atoms with Crippen molar-refractivity contribution in [1.29, 1.82) is 0 Å². The highest BCUT2D eigenvalue weighted by Crippen LogP contribution is 2.24. The molecule has 8 heteroatoms. The van der Waals surface area contributed by atoms with E-state index in [0.29, 0.717) is 26.2 Å². The lowest BCUT2D eigenvalue weighted by Gasteiger charge is -2.21. The summed E-state index contributed by atoms with van der Waals surface area (Å²) in [5.74, 6) is 0.371. The maximum absolute atomic E-state index is 12.8. The van der Waals surface area contributed by atoms with Crippen LogP contribution in [0.2, 0.25) is 5.02 Å². The SMILES string of the molecule is CCN(CC)S(=O)(=O)c1ccc(Cl)c(C(=O)N(C)CCOc2cccc(C)c2)c1. The lowest BCUT2D eigenvalue weighted by Crippen LogP contribution is -2.32. The van der Waals surface area contributed by atoms with E-state index >= 15 is 0 Å². The van der Waals surface area contributed by atoms with Gasteiger partial charge in [-0.1, -0.05) is 37.6 Å². The average Bonchev–Trinajstić information content (AvgIpc) is 2.68. The molecule has 0 bridgehead atoms. The van der Waals surface area contributed by atoms with E-state index < -0.39 is 10.0 Å². The highest BCUT2D eigenvalue weighted by molar-refractivity contribution is 7.89.